The van der Waals surface area contributed by atoms with Gasteiger partial charge in [-0.3, -0.25) is 0 Å². The molecule has 0 fully saturated rings. The fourth-order valence-corrected chi connectivity index (χ4v) is 1.15. The summed E-state index contributed by atoms with van der Waals surface area (Å²) in [5.41, 5.74) is 0. The lowest BCUT2D eigenvalue weighted by atomic mass is 9.99. The first kappa shape index (κ1) is 10.5. The van der Waals surface area contributed by atoms with Gasteiger partial charge in [0.15, 0.2) is 0 Å². The molecule has 2 heteroatoms. The Balaban J connectivity index is 2.62. The second-order valence-electron chi connectivity index (χ2n) is 3.32. The Kier molecular flexibility index (Phi) is 4.51. The first-order valence-corrected chi connectivity index (χ1v) is 4.69. The molecule has 72 valence electrons. The lowest BCUT2D eigenvalue weighted by molar-refractivity contribution is -0.111. The number of rotatable bonds is 2. The van der Waals surface area contributed by atoms with E-state index < -0.39 is 0 Å². The second-order valence-corrected chi connectivity index (χ2v) is 3.32. The van der Waals surface area contributed by atoms with Gasteiger partial charge in [0.1, 0.15) is 12.6 Å². The van der Waals surface area contributed by atoms with Crippen LogP contribution >= 0.6 is 0 Å². The van der Waals surface area contributed by atoms with Gasteiger partial charge in [-0.2, -0.15) is 0 Å². The zero-order chi connectivity index (χ0) is 10.2. The van der Waals surface area contributed by atoms with Crippen molar-refractivity contribution in [2.75, 3.05) is 0 Å². The monoisotopic (exact) mass is 188 g/mol. The van der Waals surface area contributed by atoms with E-state index in [2.05, 4.69) is 23.7 Å². The number of aldehydes is 2. The molecular weight excluding hydrogens is 176 g/mol. The normalized spacial score (nSPS) is 26.0. The average molecular weight is 188 g/mol. The highest BCUT2D eigenvalue weighted by Gasteiger charge is 2.06. The van der Waals surface area contributed by atoms with Crippen LogP contribution in [0.3, 0.4) is 0 Å². The highest BCUT2D eigenvalue weighted by atomic mass is 16.1. The molecule has 0 spiro atoms. The van der Waals surface area contributed by atoms with E-state index in [0.717, 1.165) is 12.6 Å². The Labute approximate surface area is 84.1 Å². The summed E-state index contributed by atoms with van der Waals surface area (Å²) in [7, 11) is 0. The zero-order valence-corrected chi connectivity index (χ0v) is 7.95. The van der Waals surface area contributed by atoms with E-state index in [1.54, 1.807) is 0 Å². The van der Waals surface area contributed by atoms with Gasteiger partial charge in [0.25, 0.3) is 0 Å². The predicted molar refractivity (Wildman–Crippen MR) is 53.1 cm³/mol. The van der Waals surface area contributed by atoms with E-state index >= 15 is 0 Å². The van der Waals surface area contributed by atoms with E-state index in [0.29, 0.717) is 25.7 Å². The first-order valence-electron chi connectivity index (χ1n) is 4.69. The Hall–Kier alpha value is -1.54. The number of carbonyl (C=O) groups excluding carboxylic acids is 2. The minimum absolute atomic E-state index is 0.0669. The van der Waals surface area contributed by atoms with Crippen LogP contribution in [-0.2, 0) is 9.59 Å². The van der Waals surface area contributed by atoms with E-state index in [-0.39, 0.29) is 11.8 Å². The molecule has 0 aromatic heterocycles. The lowest BCUT2D eigenvalue weighted by Gasteiger charge is -2.03. The summed E-state index contributed by atoms with van der Waals surface area (Å²) >= 11 is 0. The van der Waals surface area contributed by atoms with Crippen molar-refractivity contribution in [3.8, 4) is 23.7 Å². The third kappa shape index (κ3) is 3.46. The molecule has 0 atom stereocenters. The number of hydrogen-bond donors (Lipinski definition) is 0. The molecule has 14 heavy (non-hydrogen) atoms. The quantitative estimate of drug-likeness (QED) is 0.482. The van der Waals surface area contributed by atoms with Crippen LogP contribution in [0.1, 0.15) is 25.7 Å². The Bertz CT molecular complexity index is 268. The van der Waals surface area contributed by atoms with Gasteiger partial charge in [-0.05, 0) is 0 Å². The molecule has 0 saturated carbocycles. The SMILES string of the molecule is O=CC1CC#CCC(C=O)CC#CC1. The molecule has 0 aliphatic heterocycles. The molecule has 0 saturated heterocycles. The van der Waals surface area contributed by atoms with Crippen molar-refractivity contribution in [2.45, 2.75) is 25.7 Å². The minimum Gasteiger partial charge on any atom is -0.303 e. The molecule has 0 aromatic carbocycles. The van der Waals surface area contributed by atoms with E-state index in [9.17, 15) is 9.59 Å². The Morgan fingerprint density at radius 3 is 1.21 bits per heavy atom. The van der Waals surface area contributed by atoms with Crippen molar-refractivity contribution in [1.82, 2.24) is 0 Å². The molecule has 2 nitrogen and oxygen atoms in total. The third-order valence-electron chi connectivity index (χ3n) is 2.09. The zero-order valence-electron chi connectivity index (χ0n) is 7.95. The van der Waals surface area contributed by atoms with Crippen LogP contribution in [0.4, 0.5) is 0 Å². The first-order chi connectivity index (χ1) is 6.86. The summed E-state index contributed by atoms with van der Waals surface area (Å²) < 4.78 is 0. The Morgan fingerprint density at radius 1 is 0.714 bits per heavy atom. The maximum absolute atomic E-state index is 10.6. The molecule has 0 aromatic rings. The van der Waals surface area contributed by atoms with Crippen LogP contribution in [0, 0.1) is 35.5 Å². The molecule has 1 aliphatic carbocycles. The molecule has 0 unspecified atom stereocenters. The maximum Gasteiger partial charge on any atom is 0.124 e. The molecule has 0 bridgehead atoms. The van der Waals surface area contributed by atoms with Crippen molar-refractivity contribution in [1.29, 1.82) is 0 Å². The summed E-state index contributed by atoms with van der Waals surface area (Å²) in [6.07, 6.45) is 4.05. The largest absolute Gasteiger partial charge is 0.303 e. The standard InChI is InChI=1S/C12H12O2/c13-9-11-5-1-2-6-12(10-14)8-4-3-7-11/h9-12H,5-8H2. The predicted octanol–water partition coefficient (Wildman–Crippen LogP) is 1.20. The average Bonchev–Trinajstić information content (AvgIpc) is 2.25. The summed E-state index contributed by atoms with van der Waals surface area (Å²) in [5.74, 6) is 11.5. The van der Waals surface area contributed by atoms with Crippen LogP contribution in [0.2, 0.25) is 0 Å². The summed E-state index contributed by atoms with van der Waals surface area (Å²) in [6.45, 7) is 0. The summed E-state index contributed by atoms with van der Waals surface area (Å²) in [4.78, 5) is 21.1. The highest BCUT2D eigenvalue weighted by Crippen LogP contribution is 2.08. The van der Waals surface area contributed by atoms with Gasteiger partial charge in [-0.25, -0.2) is 0 Å². The van der Waals surface area contributed by atoms with Crippen LogP contribution in [0.5, 0.6) is 0 Å². The van der Waals surface area contributed by atoms with Crippen molar-refractivity contribution >= 4 is 12.6 Å². The van der Waals surface area contributed by atoms with Gasteiger partial charge in [0.05, 0.1) is 0 Å². The maximum atomic E-state index is 10.6. The minimum atomic E-state index is -0.0669. The van der Waals surface area contributed by atoms with E-state index in [4.69, 9.17) is 0 Å². The fraction of sp³-hybridized carbons (Fsp3) is 0.500. The smallest absolute Gasteiger partial charge is 0.124 e. The van der Waals surface area contributed by atoms with Crippen molar-refractivity contribution in [3.63, 3.8) is 0 Å². The molecule has 0 radical (unpaired) electrons. The van der Waals surface area contributed by atoms with Crippen LogP contribution < -0.4 is 0 Å². The molecule has 1 rings (SSSR count). The number of carbonyl (C=O) groups is 2. The van der Waals surface area contributed by atoms with Gasteiger partial charge < -0.3 is 9.59 Å². The molecule has 0 amide bonds. The topological polar surface area (TPSA) is 34.1 Å². The summed E-state index contributed by atoms with van der Waals surface area (Å²) in [6, 6.07) is 0. The lowest BCUT2D eigenvalue weighted by Crippen LogP contribution is -2.02. The molecule has 0 heterocycles. The highest BCUT2D eigenvalue weighted by molar-refractivity contribution is 5.56. The third-order valence-corrected chi connectivity index (χ3v) is 2.09. The van der Waals surface area contributed by atoms with Crippen LogP contribution in [0.25, 0.3) is 0 Å². The Morgan fingerprint density at radius 2 is 1.00 bits per heavy atom. The van der Waals surface area contributed by atoms with Crippen molar-refractivity contribution < 1.29 is 9.59 Å². The van der Waals surface area contributed by atoms with Gasteiger partial charge in [0.2, 0.25) is 0 Å². The van der Waals surface area contributed by atoms with Crippen molar-refractivity contribution in [2.24, 2.45) is 11.8 Å². The van der Waals surface area contributed by atoms with Gasteiger partial charge in [-0.15, -0.1) is 23.7 Å². The van der Waals surface area contributed by atoms with Crippen LogP contribution in [0.15, 0.2) is 0 Å². The van der Waals surface area contributed by atoms with Crippen LogP contribution in [-0.4, -0.2) is 12.6 Å². The van der Waals surface area contributed by atoms with Gasteiger partial charge in [0, 0.05) is 37.5 Å². The summed E-state index contributed by atoms with van der Waals surface area (Å²) in [5, 5.41) is 0. The van der Waals surface area contributed by atoms with E-state index in [1.165, 1.54) is 0 Å². The molecule has 1 aliphatic rings. The fourth-order valence-electron chi connectivity index (χ4n) is 1.15. The van der Waals surface area contributed by atoms with Gasteiger partial charge in [-0.1, -0.05) is 0 Å². The molecule has 0 N–H and O–H groups in total. The van der Waals surface area contributed by atoms with Crippen molar-refractivity contribution in [3.05, 3.63) is 0 Å². The van der Waals surface area contributed by atoms with E-state index in [1.807, 2.05) is 0 Å². The molecular formula is C12H12O2. The second kappa shape index (κ2) is 6.00. The van der Waals surface area contributed by atoms with Gasteiger partial charge >= 0.3 is 0 Å². The number of hydrogen-bond acceptors (Lipinski definition) is 2.